The molecular weight excluding hydrogens is 186 g/mol. The molecule has 0 bridgehead atoms. The summed E-state index contributed by atoms with van der Waals surface area (Å²) in [6, 6.07) is 0. The summed E-state index contributed by atoms with van der Waals surface area (Å²) in [5.41, 5.74) is 0.0463. The van der Waals surface area contributed by atoms with Crippen LogP contribution in [0.2, 0.25) is 5.28 Å². The minimum Gasteiger partial charge on any atom is -0.296 e. The molecule has 0 radical (unpaired) electrons. The minimum absolute atomic E-state index is 0.0463. The van der Waals surface area contributed by atoms with Crippen LogP contribution >= 0.6 is 11.6 Å². The van der Waals surface area contributed by atoms with Gasteiger partial charge in [-0.15, -0.1) is 10.2 Å². The van der Waals surface area contributed by atoms with Crippen LogP contribution in [0.4, 0.5) is 0 Å². The Morgan fingerprint density at radius 3 is 2.15 bits per heavy atom. The van der Waals surface area contributed by atoms with Gasteiger partial charge in [0.2, 0.25) is 5.28 Å². The summed E-state index contributed by atoms with van der Waals surface area (Å²) in [6.45, 7) is 8.41. The van der Waals surface area contributed by atoms with Gasteiger partial charge < -0.3 is 0 Å². The molecule has 0 spiro atoms. The molecule has 0 amide bonds. The van der Waals surface area contributed by atoms with Crippen LogP contribution in [-0.2, 0) is 5.54 Å². The van der Waals surface area contributed by atoms with E-state index >= 15 is 0 Å². The highest BCUT2D eigenvalue weighted by Gasteiger charge is 2.26. The van der Waals surface area contributed by atoms with Crippen molar-refractivity contribution in [2.75, 3.05) is 0 Å². The second-order valence-corrected chi connectivity index (χ2v) is 3.89. The lowest BCUT2D eigenvalue weighted by atomic mass is 9.95. The van der Waals surface area contributed by atoms with Crippen LogP contribution < -0.4 is 0 Å². The Morgan fingerprint density at radius 2 is 1.85 bits per heavy atom. The highest BCUT2D eigenvalue weighted by atomic mass is 35.5. The molecule has 0 unspecified atom stereocenters. The number of hydrogen-bond donors (Lipinski definition) is 0. The zero-order valence-electron chi connectivity index (χ0n) is 8.63. The van der Waals surface area contributed by atoms with Crippen molar-refractivity contribution in [2.24, 2.45) is 0 Å². The van der Waals surface area contributed by atoms with Crippen LogP contribution in [0.1, 0.15) is 39.4 Å². The molecule has 0 saturated heterocycles. The predicted octanol–water partition coefficient (Wildman–Crippen LogP) is 2.78. The van der Waals surface area contributed by atoms with Gasteiger partial charge in [0.25, 0.3) is 0 Å². The van der Waals surface area contributed by atoms with Gasteiger partial charge in [0.05, 0.1) is 0 Å². The Balaban J connectivity index is 3.18. The van der Waals surface area contributed by atoms with Crippen LogP contribution in [0.25, 0.3) is 0 Å². The molecule has 0 aliphatic rings. The number of hydrogen-bond acceptors (Lipinski definition) is 2. The minimum atomic E-state index is 0.0463. The number of aryl methyl sites for hydroxylation is 1. The Morgan fingerprint density at radius 1 is 1.31 bits per heavy atom. The first-order valence-corrected chi connectivity index (χ1v) is 5.01. The summed E-state index contributed by atoms with van der Waals surface area (Å²) in [7, 11) is 0. The quantitative estimate of drug-likeness (QED) is 0.753. The van der Waals surface area contributed by atoms with Gasteiger partial charge in [-0.05, 0) is 38.3 Å². The summed E-state index contributed by atoms with van der Waals surface area (Å²) < 4.78 is 2.01. The van der Waals surface area contributed by atoms with Gasteiger partial charge in [0.15, 0.2) is 0 Å². The molecular formula is C9H16ClN3. The zero-order chi connectivity index (χ0) is 10.1. The van der Waals surface area contributed by atoms with Crippen LogP contribution in [0.15, 0.2) is 0 Å². The van der Waals surface area contributed by atoms with Gasteiger partial charge >= 0.3 is 0 Å². The maximum absolute atomic E-state index is 5.98. The molecule has 1 aromatic heterocycles. The summed E-state index contributed by atoms with van der Waals surface area (Å²) >= 11 is 5.98. The van der Waals surface area contributed by atoms with E-state index in [-0.39, 0.29) is 5.54 Å². The van der Waals surface area contributed by atoms with E-state index in [0.717, 1.165) is 18.7 Å². The molecule has 0 aliphatic heterocycles. The van der Waals surface area contributed by atoms with Crippen LogP contribution in [-0.4, -0.2) is 14.8 Å². The van der Waals surface area contributed by atoms with Crippen LogP contribution in [0, 0.1) is 6.92 Å². The van der Waals surface area contributed by atoms with Gasteiger partial charge in [-0.2, -0.15) is 0 Å². The SMILES string of the molecule is CCC(C)(CC)n1c(C)nnc1Cl. The van der Waals surface area contributed by atoms with Gasteiger partial charge in [-0.1, -0.05) is 13.8 Å². The molecule has 0 atom stereocenters. The first kappa shape index (κ1) is 10.5. The molecule has 0 N–H and O–H groups in total. The smallest absolute Gasteiger partial charge is 0.225 e. The van der Waals surface area contributed by atoms with Crippen molar-refractivity contribution in [1.29, 1.82) is 0 Å². The number of nitrogens with zero attached hydrogens (tertiary/aromatic N) is 3. The first-order chi connectivity index (χ1) is 6.05. The highest BCUT2D eigenvalue weighted by molar-refractivity contribution is 6.28. The third-order valence-electron chi connectivity index (χ3n) is 2.85. The normalized spacial score (nSPS) is 12.1. The second kappa shape index (κ2) is 3.66. The monoisotopic (exact) mass is 201 g/mol. The number of halogens is 1. The Kier molecular flexibility index (Phi) is 2.96. The van der Waals surface area contributed by atoms with E-state index in [1.165, 1.54) is 0 Å². The summed E-state index contributed by atoms with van der Waals surface area (Å²) in [5.74, 6) is 0.885. The largest absolute Gasteiger partial charge is 0.296 e. The predicted molar refractivity (Wildman–Crippen MR) is 54.0 cm³/mol. The van der Waals surface area contributed by atoms with Gasteiger partial charge in [0.1, 0.15) is 5.82 Å². The van der Waals surface area contributed by atoms with E-state index in [4.69, 9.17) is 11.6 Å². The fourth-order valence-electron chi connectivity index (χ4n) is 1.52. The fraction of sp³-hybridized carbons (Fsp3) is 0.778. The molecule has 3 nitrogen and oxygen atoms in total. The topological polar surface area (TPSA) is 30.7 Å². The summed E-state index contributed by atoms with van der Waals surface area (Å²) in [4.78, 5) is 0. The second-order valence-electron chi connectivity index (χ2n) is 3.56. The molecule has 13 heavy (non-hydrogen) atoms. The van der Waals surface area contributed by atoms with E-state index in [0.29, 0.717) is 5.28 Å². The van der Waals surface area contributed by atoms with E-state index in [2.05, 4.69) is 31.0 Å². The Labute approximate surface area is 84.1 Å². The molecule has 1 rings (SSSR count). The molecule has 0 aromatic carbocycles. The molecule has 0 fully saturated rings. The maximum Gasteiger partial charge on any atom is 0.225 e. The number of rotatable bonds is 3. The molecule has 0 saturated carbocycles. The van der Waals surface area contributed by atoms with E-state index in [9.17, 15) is 0 Å². The fourth-order valence-corrected chi connectivity index (χ4v) is 1.88. The standard InChI is InChI=1S/C9H16ClN3/c1-5-9(4,6-2)13-7(3)11-12-8(13)10/h5-6H2,1-4H3. The van der Waals surface area contributed by atoms with Crippen molar-refractivity contribution in [3.8, 4) is 0 Å². The van der Waals surface area contributed by atoms with Gasteiger partial charge in [-0.3, -0.25) is 4.57 Å². The van der Waals surface area contributed by atoms with E-state index in [1.807, 2.05) is 11.5 Å². The van der Waals surface area contributed by atoms with Gasteiger partial charge in [-0.25, -0.2) is 0 Å². The van der Waals surface area contributed by atoms with Crippen molar-refractivity contribution in [3.63, 3.8) is 0 Å². The molecule has 1 aromatic rings. The first-order valence-electron chi connectivity index (χ1n) is 4.63. The third kappa shape index (κ3) is 1.70. The van der Waals surface area contributed by atoms with Crippen molar-refractivity contribution in [2.45, 2.75) is 46.1 Å². The van der Waals surface area contributed by atoms with Crippen molar-refractivity contribution >= 4 is 11.6 Å². The van der Waals surface area contributed by atoms with Crippen LogP contribution in [0.3, 0.4) is 0 Å². The van der Waals surface area contributed by atoms with Crippen molar-refractivity contribution in [3.05, 3.63) is 11.1 Å². The lowest BCUT2D eigenvalue weighted by Crippen LogP contribution is -2.29. The maximum atomic E-state index is 5.98. The lowest BCUT2D eigenvalue weighted by molar-refractivity contribution is 0.288. The van der Waals surface area contributed by atoms with E-state index < -0.39 is 0 Å². The average Bonchev–Trinajstić information content (AvgIpc) is 2.46. The molecule has 4 heteroatoms. The number of aromatic nitrogens is 3. The average molecular weight is 202 g/mol. The Bertz CT molecular complexity index is 270. The van der Waals surface area contributed by atoms with Gasteiger partial charge in [0, 0.05) is 5.54 Å². The zero-order valence-corrected chi connectivity index (χ0v) is 9.39. The molecule has 0 aliphatic carbocycles. The summed E-state index contributed by atoms with van der Waals surface area (Å²) in [5, 5.41) is 8.31. The van der Waals surface area contributed by atoms with E-state index in [1.54, 1.807) is 0 Å². The molecule has 1 heterocycles. The van der Waals surface area contributed by atoms with Crippen molar-refractivity contribution in [1.82, 2.24) is 14.8 Å². The van der Waals surface area contributed by atoms with Crippen LogP contribution in [0.5, 0.6) is 0 Å². The summed E-state index contributed by atoms with van der Waals surface area (Å²) in [6.07, 6.45) is 2.06. The molecule has 74 valence electrons. The Hall–Kier alpha value is -0.570. The highest BCUT2D eigenvalue weighted by Crippen LogP contribution is 2.28. The lowest BCUT2D eigenvalue weighted by Gasteiger charge is -2.29. The third-order valence-corrected chi connectivity index (χ3v) is 3.09. The van der Waals surface area contributed by atoms with Crippen molar-refractivity contribution < 1.29 is 0 Å².